The Hall–Kier alpha value is -2.01. The Balaban J connectivity index is -0.000000266. The van der Waals surface area contributed by atoms with Gasteiger partial charge in [-0.25, -0.2) is 5.26 Å². The summed E-state index contributed by atoms with van der Waals surface area (Å²) >= 11 is 0.115. The van der Waals surface area contributed by atoms with Crippen LogP contribution >= 0.6 is 12.3 Å². The summed E-state index contributed by atoms with van der Waals surface area (Å²) < 4.78 is 40.2. The van der Waals surface area contributed by atoms with Gasteiger partial charge in [0.25, 0.3) is 0 Å². The third-order valence-electron chi connectivity index (χ3n) is 12.7. The van der Waals surface area contributed by atoms with Gasteiger partial charge in [-0.05, 0) is 56.3 Å². The van der Waals surface area contributed by atoms with Crippen LogP contribution in [0.15, 0.2) is 0 Å². The maximum Gasteiger partial charge on any atom is 0.309 e. The number of esters is 3. The van der Waals surface area contributed by atoms with Crippen LogP contribution in [0.25, 0.3) is 0 Å². The summed E-state index contributed by atoms with van der Waals surface area (Å²) in [5.74, 6) is -6.25. The lowest BCUT2D eigenvalue weighted by Gasteiger charge is -2.47. The van der Waals surface area contributed by atoms with Crippen molar-refractivity contribution in [3.05, 3.63) is 0 Å². The average Bonchev–Trinajstić information content (AvgIpc) is 3.25. The minimum Gasteiger partial charge on any atom is -0.465 e. The molecule has 1 aliphatic carbocycles. The number of ether oxygens (including phenoxy) is 5. The summed E-state index contributed by atoms with van der Waals surface area (Å²) in [6.07, 6.45) is -9.46. The van der Waals surface area contributed by atoms with Gasteiger partial charge in [0.15, 0.2) is 18.6 Å². The van der Waals surface area contributed by atoms with Crippen molar-refractivity contribution in [1.29, 1.82) is 0 Å². The van der Waals surface area contributed by atoms with Crippen molar-refractivity contribution < 1.29 is 87.2 Å². The zero-order chi connectivity index (χ0) is 47.6. The molecule has 2 aliphatic rings. The molecule has 0 spiro atoms. The lowest BCUT2D eigenvalue weighted by atomic mass is 9.80. The van der Waals surface area contributed by atoms with E-state index in [9.17, 15) is 44.7 Å². The van der Waals surface area contributed by atoms with Crippen LogP contribution < -0.4 is 0 Å². The lowest BCUT2D eigenvalue weighted by molar-refractivity contribution is -0.434. The molecule has 480 valence electrons. The molecule has 0 bridgehead atoms. The van der Waals surface area contributed by atoms with Crippen molar-refractivity contribution in [3.8, 4) is 0 Å². The molecular weight excluding hydrogens is 1020 g/mol. The molecule has 1 aliphatic heterocycles. The van der Waals surface area contributed by atoms with Crippen LogP contribution in [0.5, 0.6) is 0 Å². The third-order valence-corrected chi connectivity index (χ3v) is 13.1. The molecule has 18 atom stereocenters. The molecule has 0 aromatic carbocycles. The number of carbonyl (C=O) groups is 4. The van der Waals surface area contributed by atoms with E-state index in [1.807, 2.05) is 41.5 Å². The molecule has 2 fully saturated rings. The number of aliphatic hydroxyl groups is 5. The van der Waals surface area contributed by atoms with Crippen molar-refractivity contribution in [1.82, 2.24) is 0 Å². The predicted molar refractivity (Wildman–Crippen MR) is 323 cm³/mol. The molecule has 77 heavy (non-hydrogen) atoms. The first-order valence-corrected chi connectivity index (χ1v) is 23.5. The van der Waals surface area contributed by atoms with Crippen molar-refractivity contribution in [2.24, 2.45) is 47.3 Å². The Bertz CT molecular complexity index is 1360. The van der Waals surface area contributed by atoms with Crippen LogP contribution in [-0.4, -0.2) is 129 Å². The molecule has 1 heterocycles. The second kappa shape index (κ2) is 54.6. The molecule has 1 saturated carbocycles. The first-order valence-electron chi connectivity index (χ1n) is 22.8. The van der Waals surface area contributed by atoms with Gasteiger partial charge < -0.3 is 49.2 Å². The number of rotatable bonds is 29. The Labute approximate surface area is 480 Å². The van der Waals surface area contributed by atoms with E-state index in [1.54, 1.807) is 27.7 Å². The Morgan fingerprint density at radius 2 is 1.06 bits per heavy atom. The summed E-state index contributed by atoms with van der Waals surface area (Å²) in [4.78, 5) is 53.3. The Kier molecular flexibility index (Phi) is 75.7. The fourth-order valence-corrected chi connectivity index (χ4v) is 8.96. The number of carbonyl (C=O) groups excluding carboxylic acids is 4. The summed E-state index contributed by atoms with van der Waals surface area (Å²) in [7, 11) is 0. The molecule has 19 heteroatoms. The van der Waals surface area contributed by atoms with E-state index in [4.69, 9.17) is 33.1 Å². The van der Waals surface area contributed by atoms with Crippen molar-refractivity contribution in [2.45, 2.75) is 299 Å². The van der Waals surface area contributed by atoms with Crippen LogP contribution in [0.3, 0.4) is 0 Å². The minimum atomic E-state index is -1.73. The minimum absolute atomic E-state index is 0. The van der Waals surface area contributed by atoms with E-state index in [-0.39, 0.29) is 166 Å². The molecule has 18 unspecified atom stereocenters. The maximum absolute atomic E-state index is 13.8. The molecule has 6 N–H and O–H groups in total. The van der Waals surface area contributed by atoms with Gasteiger partial charge in [0, 0.05) is 18.8 Å². The summed E-state index contributed by atoms with van der Waals surface area (Å²) in [6.45, 7) is 17.2. The molecule has 1 saturated heterocycles. The van der Waals surface area contributed by atoms with Gasteiger partial charge in [-0.1, -0.05) is 191 Å². The van der Waals surface area contributed by atoms with Gasteiger partial charge in [0.1, 0.15) is 42.9 Å². The predicted octanol–water partition coefficient (Wildman–Crippen LogP) is 13.8. The smallest absolute Gasteiger partial charge is 0.309 e. The first-order chi connectivity index (χ1) is 29.7. The number of Topliss-reactive ketones (excluding diaryl/α,β-unsaturated/α-hetero) is 1. The van der Waals surface area contributed by atoms with E-state index in [0.717, 1.165) is 12.8 Å². The van der Waals surface area contributed by atoms with Crippen LogP contribution in [0, 0.1) is 47.3 Å². The Morgan fingerprint density at radius 3 is 1.49 bits per heavy atom. The highest BCUT2D eigenvalue weighted by atomic mass is 32.2. The lowest BCUT2D eigenvalue weighted by Crippen LogP contribution is -2.61. The van der Waals surface area contributed by atoms with E-state index in [0.29, 0.717) is 32.1 Å². The van der Waals surface area contributed by atoms with Gasteiger partial charge in [-0.15, -0.1) is 4.33 Å². The number of ketones is 1. The molecule has 18 nitrogen and oxygen atoms in total. The molecule has 0 amide bonds. The van der Waals surface area contributed by atoms with Gasteiger partial charge in [0.2, 0.25) is 0 Å². The third kappa shape index (κ3) is 34.1. The number of aliphatic hydroxyl groups excluding tert-OH is 5. The van der Waals surface area contributed by atoms with Crippen molar-refractivity contribution >= 4 is 36.0 Å². The standard InChI is InChI=1S/C44H78O18S.14CH4/c1-11-15-23(5)16-26(8)43(53)59-39-31(20-30(45)12-2)44(58-35(37(39)49)22-56-42(52)28(10)18-25(7)33(47)14-4)57-34-19-29(36(48)38(50)40(34)60-63-62-61-54)21-55-41(51)27(9)17-24(6)32(46)13-3;;;;;;;;;;;;;;/h23-29,31-40,44,46-50,54H,11-22H2,1-10H3;14*1H4. The quantitative estimate of drug-likeness (QED) is 0.0102. The van der Waals surface area contributed by atoms with Crippen LogP contribution in [-0.2, 0) is 56.4 Å². The highest BCUT2D eigenvalue weighted by Crippen LogP contribution is 2.39. The fourth-order valence-electron chi connectivity index (χ4n) is 8.58. The Morgan fingerprint density at radius 1 is 0.610 bits per heavy atom. The van der Waals surface area contributed by atoms with Crippen molar-refractivity contribution in [3.63, 3.8) is 0 Å². The second-order valence-electron chi connectivity index (χ2n) is 18.1. The summed E-state index contributed by atoms with van der Waals surface area (Å²) in [5.41, 5.74) is 0. The highest BCUT2D eigenvalue weighted by molar-refractivity contribution is 7.89. The molecule has 0 radical (unpaired) electrons. The van der Waals surface area contributed by atoms with E-state index in [1.165, 1.54) is 0 Å². The second-order valence-corrected chi connectivity index (χ2v) is 18.6. The van der Waals surface area contributed by atoms with E-state index in [2.05, 4.69) is 9.37 Å². The highest BCUT2D eigenvalue weighted by Gasteiger charge is 2.53. The normalized spacial score (nSPS) is 24.7. The molecular formula is C58H134O18S. The SMILES string of the molecule is C.C.C.C.C.C.C.C.C.C.C.C.C.C.CCCC(C)CC(C)C(=O)OC1C(O)C(COC(=O)C(C)CC(C)C(O)CC)OC(OC2CC(COC(=O)C(C)CC(C)C(O)CC)C(O)C(O)C2OSOOO)C1CC(=O)CC. The van der Waals surface area contributed by atoms with Crippen molar-refractivity contribution in [2.75, 3.05) is 13.2 Å². The molecule has 2 rings (SSSR count). The fraction of sp³-hybridized carbons (Fsp3) is 0.931. The molecule has 0 aromatic rings. The van der Waals surface area contributed by atoms with E-state index < -0.39 is 115 Å². The average molecular weight is 1150 g/mol. The summed E-state index contributed by atoms with van der Waals surface area (Å²) in [5, 5.41) is 67.5. The zero-order valence-corrected chi connectivity index (χ0v) is 39.7. The largest absolute Gasteiger partial charge is 0.465 e. The summed E-state index contributed by atoms with van der Waals surface area (Å²) in [6, 6.07) is 0. The van der Waals surface area contributed by atoms with Crippen LogP contribution in [0.2, 0.25) is 0 Å². The van der Waals surface area contributed by atoms with Gasteiger partial charge >= 0.3 is 17.9 Å². The van der Waals surface area contributed by atoms with Crippen LogP contribution in [0.4, 0.5) is 0 Å². The zero-order valence-electron chi connectivity index (χ0n) is 38.9. The van der Waals surface area contributed by atoms with Crippen LogP contribution in [0.1, 0.15) is 237 Å². The first kappa shape index (κ1) is 107. The van der Waals surface area contributed by atoms with Gasteiger partial charge in [-0.3, -0.25) is 23.4 Å². The van der Waals surface area contributed by atoms with Gasteiger partial charge in [0.05, 0.1) is 54.7 Å². The van der Waals surface area contributed by atoms with E-state index >= 15 is 0 Å². The number of hydrogen-bond acceptors (Lipinski definition) is 19. The monoisotopic (exact) mass is 1150 g/mol. The topological polar surface area (TPSA) is 263 Å². The number of hydrogen-bond donors (Lipinski definition) is 6. The van der Waals surface area contributed by atoms with Gasteiger partial charge in [-0.2, -0.15) is 0 Å². The maximum atomic E-state index is 13.8. The molecule has 0 aromatic heterocycles.